The second-order valence-electron chi connectivity index (χ2n) is 6.40. The van der Waals surface area contributed by atoms with Crippen LogP contribution in [0.3, 0.4) is 0 Å². The van der Waals surface area contributed by atoms with Crippen LogP contribution >= 0.6 is 22.6 Å². The van der Waals surface area contributed by atoms with Crippen LogP contribution in [0.5, 0.6) is 0 Å². The van der Waals surface area contributed by atoms with Crippen LogP contribution < -0.4 is 0 Å². The van der Waals surface area contributed by atoms with E-state index in [1.54, 1.807) is 0 Å². The predicted molar refractivity (Wildman–Crippen MR) is 111 cm³/mol. The van der Waals surface area contributed by atoms with Gasteiger partial charge in [-0.1, -0.05) is 88.4 Å². The summed E-state index contributed by atoms with van der Waals surface area (Å²) in [6, 6.07) is 20.0. The molecule has 3 rings (SSSR count). The van der Waals surface area contributed by atoms with Gasteiger partial charge < -0.3 is 14.2 Å². The van der Waals surface area contributed by atoms with Crippen LogP contribution in [0.15, 0.2) is 65.8 Å². The highest BCUT2D eigenvalue weighted by molar-refractivity contribution is 14.1. The van der Waals surface area contributed by atoms with Crippen molar-refractivity contribution in [3.8, 4) is 0 Å². The topological polar surface area (TPSA) is 76.5 Å². The van der Waals surface area contributed by atoms with Gasteiger partial charge in [-0.25, -0.2) is 0 Å². The normalized spacial score (nSPS) is 27.7. The van der Waals surface area contributed by atoms with Crippen molar-refractivity contribution in [3.05, 3.63) is 82.2 Å². The van der Waals surface area contributed by atoms with Crippen molar-refractivity contribution < 1.29 is 14.2 Å². The number of halogens is 1. The quantitative estimate of drug-likeness (QED) is 0.184. The fraction of sp³-hybridized carbons (Fsp3) is 0.400. The summed E-state index contributed by atoms with van der Waals surface area (Å²) < 4.78 is 18.2. The van der Waals surface area contributed by atoms with E-state index in [1.165, 1.54) is 0 Å². The zero-order valence-electron chi connectivity index (χ0n) is 15.0. The van der Waals surface area contributed by atoms with E-state index >= 15 is 0 Å². The predicted octanol–water partition coefficient (Wildman–Crippen LogP) is 5.02. The highest BCUT2D eigenvalue weighted by atomic mass is 127. The number of hydrogen-bond acceptors (Lipinski definition) is 4. The van der Waals surface area contributed by atoms with Gasteiger partial charge in [0.1, 0.15) is 12.2 Å². The van der Waals surface area contributed by atoms with Gasteiger partial charge >= 0.3 is 0 Å². The molecule has 0 bridgehead atoms. The molecule has 0 unspecified atom stereocenters. The zero-order chi connectivity index (χ0) is 19.1. The minimum absolute atomic E-state index is 0.154. The van der Waals surface area contributed by atoms with E-state index in [9.17, 15) is 0 Å². The van der Waals surface area contributed by atoms with E-state index in [4.69, 9.17) is 19.7 Å². The van der Waals surface area contributed by atoms with E-state index < -0.39 is 6.23 Å². The second kappa shape index (κ2) is 10.1. The van der Waals surface area contributed by atoms with Crippen molar-refractivity contribution in [1.82, 2.24) is 0 Å². The third kappa shape index (κ3) is 5.43. The Hall–Kier alpha value is -1.64. The average molecular weight is 479 g/mol. The largest absolute Gasteiger partial charge is 0.370 e. The van der Waals surface area contributed by atoms with Gasteiger partial charge in [0.25, 0.3) is 0 Å². The molecule has 7 heteroatoms. The summed E-state index contributed by atoms with van der Waals surface area (Å²) in [4.78, 5) is 2.91. The van der Waals surface area contributed by atoms with Crippen LogP contribution in [0.1, 0.15) is 18.1 Å². The first-order valence-electron chi connectivity index (χ1n) is 8.84. The van der Waals surface area contributed by atoms with Gasteiger partial charge in [0.2, 0.25) is 0 Å². The van der Waals surface area contributed by atoms with Gasteiger partial charge in [-0.15, -0.1) is 0 Å². The second-order valence-corrected chi connectivity index (χ2v) is 7.84. The third-order valence-electron chi connectivity index (χ3n) is 4.46. The first-order chi connectivity index (χ1) is 13.2. The van der Waals surface area contributed by atoms with Crippen molar-refractivity contribution in [1.29, 1.82) is 0 Å². The minimum Gasteiger partial charge on any atom is -0.370 e. The Balaban J connectivity index is 1.73. The maximum Gasteiger partial charge on any atom is 0.151 e. The lowest BCUT2D eigenvalue weighted by molar-refractivity contribution is -0.194. The molecular weight excluding hydrogens is 457 g/mol. The fourth-order valence-electron chi connectivity index (χ4n) is 3.08. The van der Waals surface area contributed by atoms with Gasteiger partial charge in [-0.3, -0.25) is 0 Å². The van der Waals surface area contributed by atoms with Gasteiger partial charge in [0.05, 0.1) is 23.2 Å². The molecule has 0 aliphatic carbocycles. The number of alkyl halides is 1. The van der Waals surface area contributed by atoms with Crippen molar-refractivity contribution in [3.63, 3.8) is 0 Å². The van der Waals surface area contributed by atoms with Gasteiger partial charge in [-0.05, 0) is 23.6 Å². The molecule has 27 heavy (non-hydrogen) atoms. The standard InChI is InChI=1S/C20H22IN3O3/c1-14-18(25-12-15-8-4-2-5-9-15)19(17(21)20(27-14)23-24-22)26-13-16-10-6-3-7-11-16/h2-11,14,17-20H,12-13H2,1H3/t14-,17+,18-,19-,20+/m0/s1. The molecule has 6 nitrogen and oxygen atoms in total. The van der Waals surface area contributed by atoms with Crippen molar-refractivity contribution >= 4 is 22.6 Å². The van der Waals surface area contributed by atoms with Crippen molar-refractivity contribution in [2.75, 3.05) is 0 Å². The first kappa shape index (κ1) is 20.1. The molecule has 1 saturated heterocycles. The molecule has 0 spiro atoms. The molecule has 1 heterocycles. The summed E-state index contributed by atoms with van der Waals surface area (Å²) in [5.74, 6) is 0. The smallest absolute Gasteiger partial charge is 0.151 e. The average Bonchev–Trinajstić information content (AvgIpc) is 2.70. The summed E-state index contributed by atoms with van der Waals surface area (Å²) in [6.45, 7) is 2.86. The fourth-order valence-corrected chi connectivity index (χ4v) is 4.01. The van der Waals surface area contributed by atoms with Crippen molar-refractivity contribution in [2.45, 2.75) is 48.6 Å². The summed E-state index contributed by atoms with van der Waals surface area (Å²) in [7, 11) is 0. The molecular formula is C20H22IN3O3. The van der Waals surface area contributed by atoms with Crippen LogP contribution in [-0.4, -0.2) is 28.5 Å². The Morgan fingerprint density at radius 3 is 2.00 bits per heavy atom. The highest BCUT2D eigenvalue weighted by Gasteiger charge is 2.44. The van der Waals surface area contributed by atoms with Crippen molar-refractivity contribution in [2.24, 2.45) is 5.11 Å². The van der Waals surface area contributed by atoms with Gasteiger partial charge in [0.15, 0.2) is 6.23 Å². The van der Waals surface area contributed by atoms with E-state index in [1.807, 2.05) is 67.6 Å². The summed E-state index contributed by atoms with van der Waals surface area (Å²) in [5.41, 5.74) is 11.0. The molecule has 2 aromatic carbocycles. The van der Waals surface area contributed by atoms with Crippen LogP contribution in [-0.2, 0) is 27.4 Å². The molecule has 0 amide bonds. The lowest BCUT2D eigenvalue weighted by Gasteiger charge is -2.42. The van der Waals surface area contributed by atoms with Gasteiger partial charge in [-0.2, -0.15) is 0 Å². The Morgan fingerprint density at radius 1 is 0.963 bits per heavy atom. The molecule has 1 aliphatic heterocycles. The lowest BCUT2D eigenvalue weighted by Crippen LogP contribution is -2.55. The number of azide groups is 1. The molecule has 0 N–H and O–H groups in total. The monoisotopic (exact) mass is 479 g/mol. The number of hydrogen-bond donors (Lipinski definition) is 0. The molecule has 5 atom stereocenters. The molecule has 2 aromatic rings. The zero-order valence-corrected chi connectivity index (χ0v) is 17.2. The van der Waals surface area contributed by atoms with Crippen LogP contribution in [0.2, 0.25) is 0 Å². The molecule has 0 radical (unpaired) electrons. The Labute approximate surface area is 172 Å². The van der Waals surface area contributed by atoms with Crippen LogP contribution in [0.25, 0.3) is 10.4 Å². The van der Waals surface area contributed by atoms with Crippen LogP contribution in [0.4, 0.5) is 0 Å². The Morgan fingerprint density at radius 2 is 1.48 bits per heavy atom. The van der Waals surface area contributed by atoms with E-state index in [0.717, 1.165) is 11.1 Å². The Bertz CT molecular complexity index is 756. The molecule has 142 valence electrons. The number of rotatable bonds is 7. The summed E-state index contributed by atoms with van der Waals surface area (Å²) >= 11 is 2.23. The van der Waals surface area contributed by atoms with Crippen LogP contribution in [0, 0.1) is 0 Å². The molecule has 0 aromatic heterocycles. The first-order valence-corrected chi connectivity index (χ1v) is 10.1. The molecule has 1 fully saturated rings. The number of ether oxygens (including phenoxy) is 3. The number of benzene rings is 2. The third-order valence-corrected chi connectivity index (χ3v) is 5.79. The molecule has 1 aliphatic rings. The van der Waals surface area contributed by atoms with E-state index in [-0.39, 0.29) is 22.2 Å². The summed E-state index contributed by atoms with van der Waals surface area (Å²) in [6.07, 6.45) is -1.35. The van der Waals surface area contributed by atoms with Gasteiger partial charge in [0, 0.05) is 4.91 Å². The maximum absolute atomic E-state index is 8.84. The lowest BCUT2D eigenvalue weighted by atomic mass is 10.0. The Kier molecular flexibility index (Phi) is 7.49. The highest BCUT2D eigenvalue weighted by Crippen LogP contribution is 2.32. The minimum atomic E-state index is -0.581. The SMILES string of the molecule is C[C@@H]1O[C@@H](N=[N+]=[N-])[C@H](I)[C@H](OCc2ccccc2)[C@H]1OCc1ccccc1. The van der Waals surface area contributed by atoms with E-state index in [0.29, 0.717) is 13.2 Å². The van der Waals surface area contributed by atoms with E-state index in [2.05, 4.69) is 32.6 Å². The summed E-state index contributed by atoms with van der Waals surface area (Å²) in [5, 5.41) is 3.79. The molecule has 0 saturated carbocycles. The maximum atomic E-state index is 8.84. The number of nitrogens with zero attached hydrogens (tertiary/aromatic N) is 3.